The summed E-state index contributed by atoms with van der Waals surface area (Å²) in [5, 5.41) is -0.186. The summed E-state index contributed by atoms with van der Waals surface area (Å²) in [6, 6.07) is 10.8. The lowest BCUT2D eigenvalue weighted by atomic mass is 10.1. The molecule has 36 heavy (non-hydrogen) atoms. The average molecular weight is 514 g/mol. The second-order valence-corrected chi connectivity index (χ2v) is 9.51. The number of fused-ring (bicyclic) bond motifs is 4. The van der Waals surface area contributed by atoms with Crippen LogP contribution in [0.4, 0.5) is 13.2 Å². The minimum absolute atomic E-state index is 0.144. The summed E-state index contributed by atoms with van der Waals surface area (Å²) in [5.41, 5.74) is 0.780. The molecule has 5 aromatic rings. The first kappa shape index (κ1) is 24.2. The molecule has 186 valence electrons. The van der Waals surface area contributed by atoms with Gasteiger partial charge in [0.25, 0.3) is 5.56 Å². The third kappa shape index (κ3) is 4.01. The predicted octanol–water partition coefficient (Wildman–Crippen LogP) is 6.56. The molecule has 0 fully saturated rings. The Hall–Kier alpha value is -3.46. The van der Waals surface area contributed by atoms with Crippen LogP contribution in [0, 0.1) is 5.92 Å². The second-order valence-electron chi connectivity index (χ2n) is 9.10. The third-order valence-electron chi connectivity index (χ3n) is 6.20. The molecule has 3 aromatic heterocycles. The molecule has 6 nitrogen and oxygen atoms in total. The van der Waals surface area contributed by atoms with Crippen LogP contribution in [-0.2, 0) is 19.1 Å². The number of aryl methyl sites for hydroxylation is 1. The molecule has 0 N–H and O–H groups in total. The number of hydrogen-bond donors (Lipinski definition) is 0. The summed E-state index contributed by atoms with van der Waals surface area (Å²) >= 11 is 5.88. The lowest BCUT2D eigenvalue weighted by Crippen LogP contribution is -2.26. The normalized spacial score (nSPS) is 12.4. The van der Waals surface area contributed by atoms with Crippen molar-refractivity contribution >= 4 is 44.8 Å². The Morgan fingerprint density at radius 2 is 1.69 bits per heavy atom. The van der Waals surface area contributed by atoms with Gasteiger partial charge in [0.1, 0.15) is 16.7 Å². The number of nitrogens with zero attached hydrogens (tertiary/aromatic N) is 5. The molecule has 2 aromatic carbocycles. The van der Waals surface area contributed by atoms with Gasteiger partial charge in [0.2, 0.25) is 0 Å². The average Bonchev–Trinajstić information content (AvgIpc) is 3.14. The van der Waals surface area contributed by atoms with Gasteiger partial charge in [-0.25, -0.2) is 15.0 Å². The highest BCUT2D eigenvalue weighted by molar-refractivity contribution is 6.31. The monoisotopic (exact) mass is 513 g/mol. The van der Waals surface area contributed by atoms with Crippen molar-refractivity contribution in [2.45, 2.75) is 46.3 Å². The Morgan fingerprint density at radius 3 is 2.33 bits per heavy atom. The van der Waals surface area contributed by atoms with Crippen molar-refractivity contribution < 1.29 is 13.2 Å². The van der Waals surface area contributed by atoms with E-state index in [1.807, 2.05) is 13.0 Å². The molecule has 0 spiro atoms. The number of aromatic nitrogens is 5. The SMILES string of the molecule is CCc1nc2c(c(=O)n1CCC(C)C)c1nc3ccccc3nc1n2-c1ccc(Cl)c(C(F)(F)F)c1. The molecule has 0 atom stereocenters. The zero-order valence-electron chi connectivity index (χ0n) is 19.9. The highest BCUT2D eigenvalue weighted by atomic mass is 35.5. The molecule has 0 saturated heterocycles. The van der Waals surface area contributed by atoms with Gasteiger partial charge in [0, 0.05) is 18.7 Å². The fourth-order valence-electron chi connectivity index (χ4n) is 4.37. The molecule has 3 heterocycles. The molecule has 0 aliphatic rings. The number of benzene rings is 2. The van der Waals surface area contributed by atoms with E-state index in [1.165, 1.54) is 16.7 Å². The van der Waals surface area contributed by atoms with Crippen molar-refractivity contribution in [3.8, 4) is 5.69 Å². The van der Waals surface area contributed by atoms with E-state index in [4.69, 9.17) is 26.6 Å². The fourth-order valence-corrected chi connectivity index (χ4v) is 4.60. The maximum atomic E-state index is 13.8. The molecule has 0 bridgehead atoms. The van der Waals surface area contributed by atoms with Gasteiger partial charge in [-0.05, 0) is 42.7 Å². The van der Waals surface area contributed by atoms with E-state index in [-0.39, 0.29) is 27.9 Å². The molecular weight excluding hydrogens is 491 g/mol. The van der Waals surface area contributed by atoms with Crippen molar-refractivity contribution in [1.82, 2.24) is 24.1 Å². The van der Waals surface area contributed by atoms with Crippen LogP contribution in [-0.4, -0.2) is 24.1 Å². The Balaban J connectivity index is 1.93. The zero-order chi connectivity index (χ0) is 25.8. The van der Waals surface area contributed by atoms with Crippen LogP contribution in [0.15, 0.2) is 47.3 Å². The number of alkyl halides is 3. The second kappa shape index (κ2) is 8.89. The highest BCUT2D eigenvalue weighted by Gasteiger charge is 2.34. The van der Waals surface area contributed by atoms with Gasteiger partial charge in [-0.15, -0.1) is 0 Å². The summed E-state index contributed by atoms with van der Waals surface area (Å²) in [6.45, 7) is 6.52. The van der Waals surface area contributed by atoms with Gasteiger partial charge in [-0.1, -0.05) is 44.5 Å². The zero-order valence-corrected chi connectivity index (χ0v) is 20.7. The Labute approximate surface area is 209 Å². The molecule has 0 aliphatic heterocycles. The van der Waals surface area contributed by atoms with Crippen molar-refractivity contribution in [1.29, 1.82) is 0 Å². The maximum absolute atomic E-state index is 13.8. The quantitative estimate of drug-likeness (QED) is 0.267. The molecular formula is C26H23ClF3N5O. The first-order valence-electron chi connectivity index (χ1n) is 11.7. The van der Waals surface area contributed by atoms with E-state index in [9.17, 15) is 18.0 Å². The van der Waals surface area contributed by atoms with Gasteiger partial charge in [-0.2, -0.15) is 13.2 Å². The molecule has 5 rings (SSSR count). The third-order valence-corrected chi connectivity index (χ3v) is 6.53. The molecule has 10 heteroatoms. The van der Waals surface area contributed by atoms with E-state index >= 15 is 0 Å². The van der Waals surface area contributed by atoms with E-state index < -0.39 is 16.8 Å². The van der Waals surface area contributed by atoms with Crippen LogP contribution in [0.5, 0.6) is 0 Å². The standard InChI is InChI=1S/C26H23ClF3N5O/c1-4-20-33-23-21(25(36)34(20)12-11-14(2)3)22-24(32-19-8-6-5-7-18(19)31-22)35(23)15-9-10-17(27)16(13-15)26(28,29)30/h5-10,13-14H,4,11-12H2,1-3H3. The van der Waals surface area contributed by atoms with Crippen LogP contribution in [0.2, 0.25) is 5.02 Å². The van der Waals surface area contributed by atoms with Gasteiger partial charge >= 0.3 is 6.18 Å². The summed E-state index contributed by atoms with van der Waals surface area (Å²) in [7, 11) is 0. The highest BCUT2D eigenvalue weighted by Crippen LogP contribution is 2.37. The van der Waals surface area contributed by atoms with Gasteiger partial charge < -0.3 is 0 Å². The van der Waals surface area contributed by atoms with E-state index in [0.717, 1.165) is 12.5 Å². The fraction of sp³-hybridized carbons (Fsp3) is 0.308. The van der Waals surface area contributed by atoms with Crippen molar-refractivity contribution in [2.24, 2.45) is 5.92 Å². The Bertz CT molecular complexity index is 1690. The van der Waals surface area contributed by atoms with E-state index in [2.05, 4.69) is 13.8 Å². The summed E-state index contributed by atoms with van der Waals surface area (Å²) in [4.78, 5) is 28.0. The predicted molar refractivity (Wildman–Crippen MR) is 135 cm³/mol. The van der Waals surface area contributed by atoms with Gasteiger partial charge in [-0.3, -0.25) is 13.9 Å². The molecule has 0 saturated carbocycles. The number of rotatable bonds is 5. The van der Waals surface area contributed by atoms with Crippen LogP contribution in [0.25, 0.3) is 38.9 Å². The van der Waals surface area contributed by atoms with E-state index in [1.54, 1.807) is 22.8 Å². The molecule has 0 radical (unpaired) electrons. The number of hydrogen-bond acceptors (Lipinski definition) is 4. The molecule has 0 aliphatic carbocycles. The summed E-state index contributed by atoms with van der Waals surface area (Å²) < 4.78 is 44.2. The van der Waals surface area contributed by atoms with Crippen LogP contribution >= 0.6 is 11.6 Å². The van der Waals surface area contributed by atoms with Crippen molar-refractivity contribution in [2.75, 3.05) is 0 Å². The van der Waals surface area contributed by atoms with Crippen LogP contribution in [0.1, 0.15) is 38.6 Å². The molecule has 0 unspecified atom stereocenters. The lowest BCUT2D eigenvalue weighted by molar-refractivity contribution is -0.137. The maximum Gasteiger partial charge on any atom is 0.417 e. The van der Waals surface area contributed by atoms with Gasteiger partial charge in [0.05, 0.1) is 21.6 Å². The van der Waals surface area contributed by atoms with Crippen LogP contribution in [0.3, 0.4) is 0 Å². The lowest BCUT2D eigenvalue weighted by Gasteiger charge is -2.15. The van der Waals surface area contributed by atoms with Crippen LogP contribution < -0.4 is 5.56 Å². The van der Waals surface area contributed by atoms with Crippen molar-refractivity contribution in [3.63, 3.8) is 0 Å². The summed E-state index contributed by atoms with van der Waals surface area (Å²) in [5.74, 6) is 0.920. The Kier molecular flexibility index (Phi) is 5.98. The minimum atomic E-state index is -4.66. The minimum Gasteiger partial charge on any atom is -0.296 e. The van der Waals surface area contributed by atoms with Gasteiger partial charge in [0.15, 0.2) is 11.3 Å². The Morgan fingerprint density at radius 1 is 1.00 bits per heavy atom. The first-order valence-corrected chi connectivity index (χ1v) is 12.1. The number of halogens is 4. The smallest absolute Gasteiger partial charge is 0.296 e. The van der Waals surface area contributed by atoms with E-state index in [0.29, 0.717) is 41.3 Å². The molecule has 0 amide bonds. The van der Waals surface area contributed by atoms with Crippen molar-refractivity contribution in [3.05, 3.63) is 69.2 Å². The largest absolute Gasteiger partial charge is 0.417 e. The topological polar surface area (TPSA) is 65.6 Å². The summed E-state index contributed by atoms with van der Waals surface area (Å²) in [6.07, 6.45) is -3.41. The number of para-hydroxylation sites is 2. The first-order chi connectivity index (χ1) is 17.1.